The molecule has 0 spiro atoms. The third-order valence-corrected chi connectivity index (χ3v) is 10.4. The van der Waals surface area contributed by atoms with Crippen molar-refractivity contribution in [2.24, 2.45) is 5.92 Å². The smallest absolute Gasteiger partial charge is 0.319 e. The normalized spacial score (nSPS) is 20.5. The Morgan fingerprint density at radius 3 is 2.57 bits per heavy atom. The van der Waals surface area contributed by atoms with Crippen LogP contribution in [0.5, 0.6) is 6.01 Å². The van der Waals surface area contributed by atoms with Gasteiger partial charge in [-0.25, -0.2) is 8.78 Å². The Hall–Kier alpha value is -4.50. The molecular formula is C37H36F2N6O. The molecule has 0 amide bonds. The van der Waals surface area contributed by atoms with Crippen LogP contribution in [-0.2, 0) is 0 Å². The van der Waals surface area contributed by atoms with Gasteiger partial charge in [0.1, 0.15) is 29.5 Å². The minimum absolute atomic E-state index is 0.0230. The van der Waals surface area contributed by atoms with E-state index < -0.39 is 11.6 Å². The van der Waals surface area contributed by atoms with E-state index in [4.69, 9.17) is 9.72 Å². The fraction of sp³-hybridized carbons (Fsp3) is 0.351. The molecule has 2 aliphatic heterocycles. The number of halogens is 2. The van der Waals surface area contributed by atoms with Gasteiger partial charge < -0.3 is 10.1 Å². The zero-order chi connectivity index (χ0) is 31.4. The van der Waals surface area contributed by atoms with Crippen LogP contribution in [-0.4, -0.2) is 56.6 Å². The number of fused-ring (bicyclic) bond motifs is 4. The predicted octanol–water partition coefficient (Wildman–Crippen LogP) is 7.77. The summed E-state index contributed by atoms with van der Waals surface area (Å²) in [5.74, 6) is -0.0196. The van der Waals surface area contributed by atoms with Gasteiger partial charge in [0.15, 0.2) is 5.82 Å². The molecule has 234 valence electrons. The van der Waals surface area contributed by atoms with Crippen LogP contribution in [0.4, 0.5) is 14.6 Å². The summed E-state index contributed by atoms with van der Waals surface area (Å²) in [5, 5.41) is 4.89. The lowest BCUT2D eigenvalue weighted by Gasteiger charge is -2.31. The Morgan fingerprint density at radius 1 is 0.957 bits per heavy atom. The fourth-order valence-electron chi connectivity index (χ4n) is 7.76. The average molecular weight is 619 g/mol. The Balaban J connectivity index is 1.21. The van der Waals surface area contributed by atoms with Crippen molar-refractivity contribution in [2.45, 2.75) is 51.0 Å². The van der Waals surface area contributed by atoms with Gasteiger partial charge in [-0.05, 0) is 67.8 Å². The van der Waals surface area contributed by atoms with Crippen molar-refractivity contribution < 1.29 is 13.5 Å². The van der Waals surface area contributed by atoms with Crippen molar-refractivity contribution in [3.63, 3.8) is 0 Å². The summed E-state index contributed by atoms with van der Waals surface area (Å²) in [6.07, 6.45) is 10.1. The zero-order valence-corrected chi connectivity index (χ0v) is 26.1. The first-order valence-electron chi connectivity index (χ1n) is 16.2. The number of hydrogen-bond acceptors (Lipinski definition) is 7. The van der Waals surface area contributed by atoms with Gasteiger partial charge in [-0.2, -0.15) is 9.97 Å². The lowest BCUT2D eigenvalue weighted by atomic mass is 9.81. The number of hydrogen-bond donors (Lipinski definition) is 1. The van der Waals surface area contributed by atoms with Crippen molar-refractivity contribution in [3.05, 3.63) is 89.9 Å². The first kappa shape index (κ1) is 28.9. The molecule has 3 aromatic heterocycles. The van der Waals surface area contributed by atoms with E-state index >= 15 is 8.78 Å². The number of anilines is 1. The highest BCUT2D eigenvalue weighted by atomic mass is 19.1. The van der Waals surface area contributed by atoms with Gasteiger partial charge in [-0.1, -0.05) is 56.3 Å². The first-order chi connectivity index (χ1) is 22.4. The third kappa shape index (κ3) is 4.80. The number of rotatable bonds is 7. The number of ether oxygens (including phenoxy) is 1. The van der Waals surface area contributed by atoms with Gasteiger partial charge in [0.2, 0.25) is 0 Å². The van der Waals surface area contributed by atoms with E-state index in [2.05, 4.69) is 51.2 Å². The molecule has 3 aliphatic rings. The maximum atomic E-state index is 16.6. The molecule has 9 heteroatoms. The second-order valence-electron chi connectivity index (χ2n) is 13.0. The number of aromatic nitrogens is 4. The van der Waals surface area contributed by atoms with Crippen LogP contribution < -0.4 is 10.1 Å². The van der Waals surface area contributed by atoms with Crippen molar-refractivity contribution >= 4 is 33.1 Å². The van der Waals surface area contributed by atoms with Crippen LogP contribution in [0.1, 0.15) is 56.7 Å². The van der Waals surface area contributed by atoms with Crippen LogP contribution in [0, 0.1) is 17.6 Å². The van der Waals surface area contributed by atoms with E-state index in [1.54, 1.807) is 36.5 Å². The molecule has 5 aromatic rings. The molecule has 2 atom stereocenters. The molecule has 0 radical (unpaired) electrons. The van der Waals surface area contributed by atoms with Gasteiger partial charge in [-0.3, -0.25) is 14.9 Å². The molecule has 46 heavy (non-hydrogen) atoms. The van der Waals surface area contributed by atoms with E-state index in [1.807, 2.05) is 12.3 Å². The highest BCUT2D eigenvalue weighted by Crippen LogP contribution is 2.40. The predicted molar refractivity (Wildman–Crippen MR) is 177 cm³/mol. The van der Waals surface area contributed by atoms with E-state index in [1.165, 1.54) is 6.07 Å². The number of allylic oxidation sites excluding steroid dienone is 1. The molecule has 1 aliphatic carbocycles. The lowest BCUT2D eigenvalue weighted by molar-refractivity contribution is 0.108. The highest BCUT2D eigenvalue weighted by molar-refractivity contribution is 5.99. The number of pyridine rings is 2. The van der Waals surface area contributed by atoms with Crippen LogP contribution in [0.25, 0.3) is 38.5 Å². The van der Waals surface area contributed by atoms with Gasteiger partial charge in [0.05, 0.1) is 16.6 Å². The van der Waals surface area contributed by atoms with Crippen molar-refractivity contribution in [2.75, 3.05) is 31.6 Å². The van der Waals surface area contributed by atoms with Gasteiger partial charge in [-0.15, -0.1) is 0 Å². The quantitative estimate of drug-likeness (QED) is 0.200. The summed E-state index contributed by atoms with van der Waals surface area (Å²) in [4.78, 5) is 21.1. The van der Waals surface area contributed by atoms with E-state index in [0.717, 1.165) is 55.6 Å². The highest BCUT2D eigenvalue weighted by Gasteiger charge is 2.45. The van der Waals surface area contributed by atoms with E-state index in [-0.39, 0.29) is 22.8 Å². The minimum atomic E-state index is -0.640. The monoisotopic (exact) mass is 618 g/mol. The van der Waals surface area contributed by atoms with Crippen LogP contribution in [0.15, 0.2) is 67.0 Å². The fourth-order valence-corrected chi connectivity index (χ4v) is 7.76. The second-order valence-corrected chi connectivity index (χ2v) is 13.0. The van der Waals surface area contributed by atoms with E-state index in [9.17, 15) is 0 Å². The number of benzene rings is 2. The summed E-state index contributed by atoms with van der Waals surface area (Å²) >= 11 is 0. The standard InChI is InChI=1S/C37H36F2N6O/c1-22-18-25(26-11-5-15-40-32(26)23(22)2)19-42-35-28-20-41-33(27-10-3-8-24-9-4-12-29(38)30(24)27)31(39)34(28)43-36(44-35)46-21-37-13-6-16-45(37)17-7-14-37/h3-5,8-12,15,18,20,22-23H,6-7,13-14,16-17,19,21H2,1-2H3,(H,42,43,44). The van der Waals surface area contributed by atoms with Gasteiger partial charge in [0.25, 0.3) is 0 Å². The Morgan fingerprint density at radius 2 is 1.74 bits per heavy atom. The van der Waals surface area contributed by atoms with Crippen LogP contribution >= 0.6 is 0 Å². The second kappa shape index (κ2) is 11.4. The molecule has 2 unspecified atom stereocenters. The largest absolute Gasteiger partial charge is 0.461 e. The summed E-state index contributed by atoms with van der Waals surface area (Å²) in [6, 6.07) is 14.3. The molecule has 5 heterocycles. The maximum Gasteiger partial charge on any atom is 0.319 e. The molecule has 0 saturated carbocycles. The molecule has 2 aromatic carbocycles. The van der Waals surface area contributed by atoms with E-state index in [0.29, 0.717) is 52.5 Å². The van der Waals surface area contributed by atoms with Crippen molar-refractivity contribution in [1.82, 2.24) is 24.8 Å². The maximum absolute atomic E-state index is 16.6. The molecule has 1 N–H and O–H groups in total. The lowest BCUT2D eigenvalue weighted by Crippen LogP contribution is -2.43. The molecule has 8 rings (SSSR count). The molecule has 2 fully saturated rings. The zero-order valence-electron chi connectivity index (χ0n) is 26.1. The molecule has 7 nitrogen and oxygen atoms in total. The average Bonchev–Trinajstić information content (AvgIpc) is 3.66. The van der Waals surface area contributed by atoms with Gasteiger partial charge >= 0.3 is 6.01 Å². The van der Waals surface area contributed by atoms with Crippen LogP contribution in [0.2, 0.25) is 0 Å². The van der Waals surface area contributed by atoms with Crippen molar-refractivity contribution in [3.8, 4) is 17.3 Å². The third-order valence-electron chi connectivity index (χ3n) is 10.4. The Bertz CT molecular complexity index is 2000. The molecule has 0 bridgehead atoms. The molecular weight excluding hydrogens is 582 g/mol. The number of nitrogens with zero attached hydrogens (tertiary/aromatic N) is 5. The SMILES string of the molecule is CC1C=C(CNc2nc(OCC34CCCN3CCC4)nc3c(F)c(-c4cccc5cccc(F)c45)ncc23)c2cccnc2C1C. The van der Waals surface area contributed by atoms with Crippen LogP contribution in [0.3, 0.4) is 0 Å². The minimum Gasteiger partial charge on any atom is -0.461 e. The summed E-state index contributed by atoms with van der Waals surface area (Å²) in [7, 11) is 0. The Kier molecular flexibility index (Phi) is 7.16. The van der Waals surface area contributed by atoms with Gasteiger partial charge in [0, 0.05) is 41.4 Å². The van der Waals surface area contributed by atoms with Crippen molar-refractivity contribution in [1.29, 1.82) is 0 Å². The molecule has 2 saturated heterocycles. The Labute approximate surface area is 266 Å². The summed E-state index contributed by atoms with van der Waals surface area (Å²) < 4.78 is 38.0. The summed E-state index contributed by atoms with van der Waals surface area (Å²) in [6.45, 7) is 7.44. The number of nitrogens with one attached hydrogen (secondary N) is 1. The first-order valence-corrected chi connectivity index (χ1v) is 16.2. The topological polar surface area (TPSA) is 76.1 Å². The summed E-state index contributed by atoms with van der Waals surface area (Å²) in [5.41, 5.74) is 3.74.